The summed E-state index contributed by atoms with van der Waals surface area (Å²) in [7, 11) is 0. The molecule has 4 rings (SSSR count). The first-order valence-electron chi connectivity index (χ1n) is 11.8. The van der Waals surface area contributed by atoms with E-state index in [-0.39, 0.29) is 5.41 Å². The smallest absolute Gasteiger partial charge is 0.135 e. The highest BCUT2D eigenvalue weighted by molar-refractivity contribution is 5.81. The Hall–Kier alpha value is -0.660. The predicted molar refractivity (Wildman–Crippen MR) is 109 cm³/mol. The van der Waals surface area contributed by atoms with Crippen LogP contribution < -0.4 is 0 Å². The molecule has 0 aromatic rings. The number of rotatable bonds is 4. The first kappa shape index (κ1) is 19.6. The van der Waals surface area contributed by atoms with E-state index in [1.54, 1.807) is 0 Å². The van der Waals surface area contributed by atoms with E-state index in [1.807, 2.05) is 6.92 Å². The Labute approximate surface area is 166 Å². The molecule has 0 amide bonds. The number of carbonyl (C=O) groups excluding carboxylic acids is 2. The third-order valence-corrected chi connectivity index (χ3v) is 10.1. The zero-order valence-corrected chi connectivity index (χ0v) is 18.1. The molecule has 2 heteroatoms. The fraction of sp³-hybridized carbons (Fsp3) is 0.920. The van der Waals surface area contributed by atoms with Gasteiger partial charge in [-0.2, -0.15) is 0 Å². The minimum atomic E-state index is 0.268. The first-order chi connectivity index (χ1) is 12.8. The summed E-state index contributed by atoms with van der Waals surface area (Å²) in [6, 6.07) is 0. The van der Waals surface area contributed by atoms with Crippen LogP contribution in [0.4, 0.5) is 0 Å². The van der Waals surface area contributed by atoms with E-state index in [0.717, 1.165) is 55.8 Å². The monoisotopic (exact) mass is 372 g/mol. The van der Waals surface area contributed by atoms with Crippen LogP contribution in [0.3, 0.4) is 0 Å². The molecule has 4 fully saturated rings. The molecule has 0 saturated heterocycles. The van der Waals surface area contributed by atoms with E-state index in [0.29, 0.717) is 28.8 Å². The third-order valence-electron chi connectivity index (χ3n) is 10.1. The van der Waals surface area contributed by atoms with Crippen LogP contribution in [-0.2, 0) is 9.59 Å². The molecule has 0 aromatic carbocycles. The van der Waals surface area contributed by atoms with E-state index in [1.165, 1.54) is 38.5 Å². The molecule has 0 aliphatic heterocycles. The Morgan fingerprint density at radius 2 is 1.59 bits per heavy atom. The molecule has 0 spiro atoms. The van der Waals surface area contributed by atoms with Crippen molar-refractivity contribution in [1.82, 2.24) is 0 Å². The molecule has 0 bridgehead atoms. The second-order valence-electron chi connectivity index (χ2n) is 11.1. The van der Waals surface area contributed by atoms with E-state index in [4.69, 9.17) is 0 Å². The Balaban J connectivity index is 1.52. The average molecular weight is 373 g/mol. The Morgan fingerprint density at radius 1 is 0.889 bits per heavy atom. The largest absolute Gasteiger partial charge is 0.300 e. The number of Topliss-reactive ketones (excluding diaryl/α,β-unsaturated/α-hetero) is 2. The maximum absolute atomic E-state index is 12.5. The molecular weight excluding hydrogens is 332 g/mol. The van der Waals surface area contributed by atoms with Gasteiger partial charge in [0.2, 0.25) is 0 Å². The topological polar surface area (TPSA) is 34.1 Å². The van der Waals surface area contributed by atoms with Crippen LogP contribution in [0.25, 0.3) is 0 Å². The maximum Gasteiger partial charge on any atom is 0.135 e. The van der Waals surface area contributed by atoms with E-state index < -0.39 is 0 Å². The van der Waals surface area contributed by atoms with Crippen molar-refractivity contribution < 1.29 is 9.59 Å². The van der Waals surface area contributed by atoms with Crippen LogP contribution in [0.5, 0.6) is 0 Å². The molecule has 4 aliphatic rings. The molecule has 152 valence electrons. The van der Waals surface area contributed by atoms with Gasteiger partial charge in [-0.1, -0.05) is 20.8 Å². The summed E-state index contributed by atoms with van der Waals surface area (Å²) in [5.41, 5.74) is 0.714. The van der Waals surface area contributed by atoms with E-state index in [9.17, 15) is 9.59 Å². The lowest BCUT2D eigenvalue weighted by atomic mass is 9.44. The van der Waals surface area contributed by atoms with Crippen molar-refractivity contribution in [2.45, 2.75) is 98.3 Å². The molecule has 2 nitrogen and oxygen atoms in total. The molecule has 0 aromatic heterocycles. The SMILES string of the molecule is CCCC(=O)C1CC[C@@]2(C)C(CC[C@H]3[C@@H]4CC[C@H](C(C)=O)[C@@]4(C)CC[C@@H]32)C1. The van der Waals surface area contributed by atoms with Gasteiger partial charge in [-0.25, -0.2) is 0 Å². The number of fused-ring (bicyclic) bond motifs is 5. The second-order valence-corrected chi connectivity index (χ2v) is 11.1. The highest BCUT2D eigenvalue weighted by atomic mass is 16.1. The normalized spacial score (nSPS) is 49.0. The fourth-order valence-corrected chi connectivity index (χ4v) is 8.67. The summed E-state index contributed by atoms with van der Waals surface area (Å²) in [6.45, 7) is 8.99. The van der Waals surface area contributed by atoms with Crippen molar-refractivity contribution in [2.24, 2.45) is 46.3 Å². The number of hydrogen-bond acceptors (Lipinski definition) is 2. The lowest BCUT2D eigenvalue weighted by molar-refractivity contribution is -0.140. The molecule has 0 radical (unpaired) electrons. The molecular formula is C25H40O2. The Morgan fingerprint density at radius 3 is 2.30 bits per heavy atom. The van der Waals surface area contributed by atoms with Crippen molar-refractivity contribution in [1.29, 1.82) is 0 Å². The summed E-state index contributed by atoms with van der Waals surface area (Å²) >= 11 is 0. The second kappa shape index (κ2) is 6.99. The minimum Gasteiger partial charge on any atom is -0.300 e. The summed E-state index contributed by atoms with van der Waals surface area (Å²) < 4.78 is 0. The van der Waals surface area contributed by atoms with Gasteiger partial charge in [-0.05, 0) is 106 Å². The van der Waals surface area contributed by atoms with Crippen LogP contribution in [-0.4, -0.2) is 11.6 Å². The molecule has 0 heterocycles. The van der Waals surface area contributed by atoms with E-state index >= 15 is 0 Å². The standard InChI is InChI=1S/C25H40O2/c1-5-6-23(27)17-11-13-24(3)18(15-17)7-8-19-21-10-9-20(16(2)26)25(21,4)14-12-22(19)24/h17-22H,5-15H2,1-4H3/t17?,18?,19-,20+,21-,22-,24-,25+/m0/s1. The van der Waals surface area contributed by atoms with Crippen molar-refractivity contribution in [3.63, 3.8) is 0 Å². The lowest BCUT2D eigenvalue weighted by Gasteiger charge is -2.61. The molecule has 4 saturated carbocycles. The highest BCUT2D eigenvalue weighted by Gasteiger charge is 2.60. The van der Waals surface area contributed by atoms with Gasteiger partial charge in [0.05, 0.1) is 0 Å². The summed E-state index contributed by atoms with van der Waals surface area (Å²) in [5, 5.41) is 0. The summed E-state index contributed by atoms with van der Waals surface area (Å²) in [5.74, 6) is 4.83. The van der Waals surface area contributed by atoms with Gasteiger partial charge in [-0.3, -0.25) is 9.59 Å². The molecule has 4 aliphatic carbocycles. The number of hydrogen-bond donors (Lipinski definition) is 0. The Kier molecular flexibility index (Phi) is 5.09. The molecule has 27 heavy (non-hydrogen) atoms. The van der Waals surface area contributed by atoms with Crippen LogP contribution in [0.15, 0.2) is 0 Å². The zero-order valence-electron chi connectivity index (χ0n) is 18.1. The van der Waals surface area contributed by atoms with Gasteiger partial charge in [-0.15, -0.1) is 0 Å². The van der Waals surface area contributed by atoms with Crippen molar-refractivity contribution in [3.8, 4) is 0 Å². The quantitative estimate of drug-likeness (QED) is 0.587. The van der Waals surface area contributed by atoms with Gasteiger partial charge < -0.3 is 0 Å². The average Bonchev–Trinajstić information content (AvgIpc) is 2.98. The third kappa shape index (κ3) is 2.96. The Bertz CT molecular complexity index is 609. The van der Waals surface area contributed by atoms with Crippen molar-refractivity contribution in [2.75, 3.05) is 0 Å². The van der Waals surface area contributed by atoms with Gasteiger partial charge in [0.1, 0.15) is 11.6 Å². The van der Waals surface area contributed by atoms with E-state index in [2.05, 4.69) is 20.8 Å². The van der Waals surface area contributed by atoms with Crippen LogP contribution in [0.2, 0.25) is 0 Å². The summed E-state index contributed by atoms with van der Waals surface area (Å²) in [4.78, 5) is 24.8. The van der Waals surface area contributed by atoms with Gasteiger partial charge >= 0.3 is 0 Å². The maximum atomic E-state index is 12.5. The summed E-state index contributed by atoms with van der Waals surface area (Å²) in [6.07, 6.45) is 13.0. The highest BCUT2D eigenvalue weighted by Crippen LogP contribution is 2.67. The number of carbonyl (C=O) groups is 2. The van der Waals surface area contributed by atoms with Gasteiger partial charge in [0, 0.05) is 18.3 Å². The van der Waals surface area contributed by atoms with Gasteiger partial charge in [0.25, 0.3) is 0 Å². The lowest BCUT2D eigenvalue weighted by Crippen LogP contribution is -2.54. The number of ketones is 2. The molecule has 8 atom stereocenters. The van der Waals surface area contributed by atoms with Crippen molar-refractivity contribution in [3.05, 3.63) is 0 Å². The fourth-order valence-electron chi connectivity index (χ4n) is 8.67. The van der Waals surface area contributed by atoms with Crippen LogP contribution >= 0.6 is 0 Å². The predicted octanol–water partition coefficient (Wildman–Crippen LogP) is 6.22. The minimum absolute atomic E-state index is 0.268. The molecule has 0 N–H and O–H groups in total. The zero-order chi connectivity index (χ0) is 19.4. The van der Waals surface area contributed by atoms with Crippen LogP contribution in [0, 0.1) is 46.3 Å². The van der Waals surface area contributed by atoms with Gasteiger partial charge in [0.15, 0.2) is 0 Å². The van der Waals surface area contributed by atoms with Crippen LogP contribution in [0.1, 0.15) is 98.3 Å². The first-order valence-corrected chi connectivity index (χ1v) is 11.8. The van der Waals surface area contributed by atoms with Crippen molar-refractivity contribution >= 4 is 11.6 Å². The molecule has 2 unspecified atom stereocenters.